The fourth-order valence-electron chi connectivity index (χ4n) is 5.57. The van der Waals surface area contributed by atoms with E-state index in [0.29, 0.717) is 28.7 Å². The number of fused-ring (bicyclic) bond motifs is 4. The quantitative estimate of drug-likeness (QED) is 0.472. The van der Waals surface area contributed by atoms with Gasteiger partial charge in [-0.3, -0.25) is 4.79 Å². The Labute approximate surface area is 179 Å². The number of rotatable bonds is 1. The van der Waals surface area contributed by atoms with Crippen molar-refractivity contribution in [1.29, 1.82) is 0 Å². The maximum Gasteiger partial charge on any atom is 0.197 e. The van der Waals surface area contributed by atoms with Crippen LogP contribution in [-0.2, 0) is 6.42 Å². The van der Waals surface area contributed by atoms with Crippen molar-refractivity contribution in [1.82, 2.24) is 0 Å². The fourth-order valence-corrected chi connectivity index (χ4v) is 5.57. The molecule has 0 radical (unpaired) electrons. The van der Waals surface area contributed by atoms with Gasteiger partial charge in [0.2, 0.25) is 0 Å². The molecule has 1 aliphatic carbocycles. The molecule has 1 aromatic heterocycles. The summed E-state index contributed by atoms with van der Waals surface area (Å²) >= 11 is 0. The first-order valence-electron chi connectivity index (χ1n) is 10.6. The second-order valence-corrected chi connectivity index (χ2v) is 9.77. The van der Waals surface area contributed by atoms with E-state index >= 15 is 0 Å². The van der Waals surface area contributed by atoms with E-state index in [1.807, 2.05) is 0 Å². The van der Waals surface area contributed by atoms with Crippen molar-refractivity contribution in [3.05, 3.63) is 46.1 Å². The lowest BCUT2D eigenvalue weighted by Crippen LogP contribution is -2.54. The van der Waals surface area contributed by atoms with Crippen LogP contribution in [0.15, 0.2) is 39.5 Å². The van der Waals surface area contributed by atoms with Crippen LogP contribution in [0.1, 0.15) is 45.6 Å². The Bertz CT molecular complexity index is 1270. The van der Waals surface area contributed by atoms with E-state index in [4.69, 9.17) is 9.15 Å². The van der Waals surface area contributed by atoms with Gasteiger partial charge in [0.15, 0.2) is 16.9 Å². The van der Waals surface area contributed by atoms with Gasteiger partial charge in [-0.05, 0) is 56.2 Å². The van der Waals surface area contributed by atoms with Gasteiger partial charge < -0.3 is 24.5 Å². The monoisotopic (exact) mass is 422 g/mol. The highest BCUT2D eigenvalue weighted by molar-refractivity contribution is 5.88. The molecule has 6 heteroatoms. The number of benzene rings is 2. The third kappa shape index (κ3) is 2.96. The van der Waals surface area contributed by atoms with Crippen LogP contribution in [0.5, 0.6) is 23.0 Å². The lowest BCUT2D eigenvalue weighted by atomic mass is 9.59. The lowest BCUT2D eigenvalue weighted by molar-refractivity contribution is -0.0810. The molecule has 3 aromatic rings. The topological polar surface area (TPSA) is 100 Å². The lowest BCUT2D eigenvalue weighted by Gasteiger charge is -2.53. The van der Waals surface area contributed by atoms with Crippen molar-refractivity contribution in [3.8, 4) is 34.3 Å². The number of phenols is 3. The van der Waals surface area contributed by atoms with E-state index < -0.39 is 5.60 Å². The zero-order valence-corrected chi connectivity index (χ0v) is 17.9. The summed E-state index contributed by atoms with van der Waals surface area (Å²) in [5.74, 6) is 0.364. The summed E-state index contributed by atoms with van der Waals surface area (Å²) in [6.45, 7) is 6.59. The number of phenolic OH excluding ortho intramolecular Hbond substituents is 3. The van der Waals surface area contributed by atoms with Crippen molar-refractivity contribution in [2.24, 2.45) is 11.3 Å². The Kier molecular flexibility index (Phi) is 4.10. The molecule has 0 bridgehead atoms. The molecule has 1 saturated carbocycles. The van der Waals surface area contributed by atoms with E-state index in [0.717, 1.165) is 19.3 Å². The van der Waals surface area contributed by atoms with Crippen LogP contribution in [0.3, 0.4) is 0 Å². The van der Waals surface area contributed by atoms with E-state index in [1.165, 1.54) is 24.3 Å². The molecule has 2 heterocycles. The number of hydrogen-bond donors (Lipinski definition) is 3. The smallest absolute Gasteiger partial charge is 0.197 e. The minimum Gasteiger partial charge on any atom is -0.507 e. The first-order valence-corrected chi connectivity index (χ1v) is 10.6. The summed E-state index contributed by atoms with van der Waals surface area (Å²) in [4.78, 5) is 13.2. The van der Waals surface area contributed by atoms with Crippen LogP contribution in [0.4, 0.5) is 0 Å². The minimum absolute atomic E-state index is 0.0553. The molecule has 3 N–H and O–H groups in total. The van der Waals surface area contributed by atoms with Crippen LogP contribution in [0.2, 0.25) is 0 Å². The first-order chi connectivity index (χ1) is 14.6. The molecule has 1 fully saturated rings. The average Bonchev–Trinajstić information content (AvgIpc) is 2.68. The summed E-state index contributed by atoms with van der Waals surface area (Å²) in [5, 5.41) is 30.5. The first kappa shape index (κ1) is 19.8. The SMILES string of the molecule is CC1(C)CCC[C@@]2(C)Oc3c(c(O)cc4oc(-c5ccc(O)c(O)c5)cc(=O)c34)C[C@@H]12. The largest absolute Gasteiger partial charge is 0.507 e. The molecule has 2 aromatic carbocycles. The molecule has 0 saturated heterocycles. The Morgan fingerprint density at radius 1 is 0.968 bits per heavy atom. The molecule has 0 unspecified atom stereocenters. The summed E-state index contributed by atoms with van der Waals surface area (Å²) < 4.78 is 12.5. The Hall–Kier alpha value is -3.15. The van der Waals surface area contributed by atoms with Crippen molar-refractivity contribution in [3.63, 3.8) is 0 Å². The maximum absolute atomic E-state index is 13.2. The molecular weight excluding hydrogens is 396 g/mol. The van der Waals surface area contributed by atoms with E-state index in [9.17, 15) is 20.1 Å². The van der Waals surface area contributed by atoms with Crippen molar-refractivity contribution in [2.45, 2.75) is 52.1 Å². The predicted octanol–water partition coefficient (Wildman–Crippen LogP) is 5.10. The number of ether oxygens (including phenoxy) is 1. The van der Waals surface area contributed by atoms with Crippen molar-refractivity contribution in [2.75, 3.05) is 0 Å². The highest BCUT2D eigenvalue weighted by atomic mass is 16.5. The predicted molar refractivity (Wildman–Crippen MR) is 117 cm³/mol. The van der Waals surface area contributed by atoms with Crippen molar-refractivity contribution >= 4 is 11.0 Å². The zero-order chi connectivity index (χ0) is 22.1. The summed E-state index contributed by atoms with van der Waals surface area (Å²) in [6.07, 6.45) is 3.70. The molecule has 1 aliphatic heterocycles. The van der Waals surface area contributed by atoms with E-state index in [2.05, 4.69) is 20.8 Å². The molecular formula is C25H26O6. The molecule has 2 aliphatic rings. The highest BCUT2D eigenvalue weighted by Crippen LogP contribution is 2.55. The third-order valence-corrected chi connectivity index (χ3v) is 7.23. The highest BCUT2D eigenvalue weighted by Gasteiger charge is 2.51. The Morgan fingerprint density at radius 2 is 1.74 bits per heavy atom. The van der Waals surface area contributed by atoms with Gasteiger partial charge in [-0.1, -0.05) is 13.8 Å². The van der Waals surface area contributed by atoms with E-state index in [-0.39, 0.29) is 45.4 Å². The van der Waals surface area contributed by atoms with Crippen molar-refractivity contribution < 1.29 is 24.5 Å². The second kappa shape index (κ2) is 6.42. The summed E-state index contributed by atoms with van der Waals surface area (Å²) in [7, 11) is 0. The van der Waals surface area contributed by atoms with Gasteiger partial charge in [0, 0.05) is 29.2 Å². The van der Waals surface area contributed by atoms with Gasteiger partial charge in [0.1, 0.15) is 33.8 Å². The standard InChI is InChI=1S/C25H26O6/c1-24(2)7-4-8-25(3)21(24)10-14-16(27)11-20-22(23(14)31-25)18(29)12-19(30-20)13-5-6-15(26)17(28)9-13/h5-6,9,11-12,21,26-28H,4,7-8,10H2,1-3H3/t21-,25+/m0/s1. The molecule has 6 nitrogen and oxygen atoms in total. The van der Waals surface area contributed by atoms with Gasteiger partial charge in [0.05, 0.1) is 0 Å². The molecule has 162 valence electrons. The van der Waals surface area contributed by atoms with Gasteiger partial charge in [0.25, 0.3) is 0 Å². The van der Waals surface area contributed by atoms with Crippen LogP contribution in [0.25, 0.3) is 22.3 Å². The fraction of sp³-hybridized carbons (Fsp3) is 0.400. The number of aromatic hydroxyl groups is 3. The molecule has 5 rings (SSSR count). The summed E-state index contributed by atoms with van der Waals surface area (Å²) in [5.41, 5.74) is 0.701. The Balaban J connectivity index is 1.70. The van der Waals surface area contributed by atoms with E-state index in [1.54, 1.807) is 6.07 Å². The van der Waals surface area contributed by atoms with Crippen LogP contribution in [0, 0.1) is 11.3 Å². The maximum atomic E-state index is 13.2. The van der Waals surface area contributed by atoms with Gasteiger partial charge in [-0.15, -0.1) is 0 Å². The average molecular weight is 422 g/mol. The zero-order valence-electron chi connectivity index (χ0n) is 17.9. The Morgan fingerprint density at radius 3 is 2.48 bits per heavy atom. The summed E-state index contributed by atoms with van der Waals surface area (Å²) in [6, 6.07) is 7.02. The van der Waals surface area contributed by atoms with Crippen LogP contribution >= 0.6 is 0 Å². The molecule has 2 atom stereocenters. The molecule has 0 spiro atoms. The normalized spacial score (nSPS) is 24.3. The van der Waals surface area contributed by atoms with Crippen LogP contribution < -0.4 is 10.2 Å². The third-order valence-electron chi connectivity index (χ3n) is 7.23. The second-order valence-electron chi connectivity index (χ2n) is 9.77. The molecule has 0 amide bonds. The van der Waals surface area contributed by atoms with Gasteiger partial charge >= 0.3 is 0 Å². The van der Waals surface area contributed by atoms with Gasteiger partial charge in [-0.2, -0.15) is 0 Å². The van der Waals surface area contributed by atoms with Crippen LogP contribution in [-0.4, -0.2) is 20.9 Å². The van der Waals surface area contributed by atoms with Gasteiger partial charge in [-0.25, -0.2) is 0 Å². The number of hydrogen-bond acceptors (Lipinski definition) is 6. The minimum atomic E-state index is -0.413. The molecule has 31 heavy (non-hydrogen) atoms.